The molecule has 2 amide bonds. The summed E-state index contributed by atoms with van der Waals surface area (Å²) in [7, 11) is 1.69. The highest BCUT2D eigenvalue weighted by atomic mass is 16.5. The van der Waals surface area contributed by atoms with Crippen LogP contribution in [0.4, 0.5) is 0 Å². The van der Waals surface area contributed by atoms with E-state index in [0.29, 0.717) is 18.8 Å². The Labute approximate surface area is 117 Å². The molecule has 0 radical (unpaired) electrons. The normalized spacial score (nSPS) is 10.3. The summed E-state index contributed by atoms with van der Waals surface area (Å²) in [4.78, 5) is 38.7. The average molecular weight is 281 g/mol. The highest BCUT2D eigenvalue weighted by Gasteiger charge is 2.13. The Hall–Kier alpha value is -2.15. The minimum Gasteiger partial charge on any atom is -0.466 e. The molecule has 2 N–H and O–H groups in total. The summed E-state index contributed by atoms with van der Waals surface area (Å²) in [6, 6.07) is 3.25. The zero-order valence-electron chi connectivity index (χ0n) is 11.6. The molecule has 20 heavy (non-hydrogen) atoms. The van der Waals surface area contributed by atoms with Gasteiger partial charge >= 0.3 is 5.97 Å². The van der Waals surface area contributed by atoms with E-state index < -0.39 is 11.8 Å². The molecule has 7 nitrogen and oxygen atoms in total. The van der Waals surface area contributed by atoms with Crippen LogP contribution in [0.5, 0.6) is 0 Å². The highest BCUT2D eigenvalue weighted by molar-refractivity contribution is 6.04. The molecule has 1 aromatic heterocycles. The predicted molar refractivity (Wildman–Crippen MR) is 72.0 cm³/mol. The van der Waals surface area contributed by atoms with Gasteiger partial charge in [0.05, 0.1) is 19.6 Å². The Morgan fingerprint density at radius 2 is 2.15 bits per heavy atom. The fourth-order valence-corrected chi connectivity index (χ4v) is 1.54. The van der Waals surface area contributed by atoms with Gasteiger partial charge in [0.25, 0.3) is 5.91 Å². The average Bonchev–Trinajstić information content (AvgIpc) is 2.90. The van der Waals surface area contributed by atoms with Crippen molar-refractivity contribution in [2.45, 2.75) is 13.3 Å². The van der Waals surface area contributed by atoms with Crippen LogP contribution in [0.15, 0.2) is 18.3 Å². The van der Waals surface area contributed by atoms with E-state index >= 15 is 0 Å². The van der Waals surface area contributed by atoms with Gasteiger partial charge in [-0.25, -0.2) is 0 Å². The first-order valence-electron chi connectivity index (χ1n) is 6.34. The first-order valence-corrected chi connectivity index (χ1v) is 6.34. The van der Waals surface area contributed by atoms with Crippen LogP contribution in [0.2, 0.25) is 0 Å². The maximum Gasteiger partial charge on any atom is 0.307 e. The standard InChI is InChI=1S/C13H19N3O4/c1-3-20-12(18)6-8-16(2)9-11(17)15-13(19)10-5-4-7-14-10/h4-5,7,14H,3,6,8-9H2,1-2H3,(H,15,17,19). The molecule has 0 aromatic carbocycles. The van der Waals surface area contributed by atoms with Crippen molar-refractivity contribution in [3.8, 4) is 0 Å². The highest BCUT2D eigenvalue weighted by Crippen LogP contribution is 1.95. The number of nitrogens with zero attached hydrogens (tertiary/aromatic N) is 1. The monoisotopic (exact) mass is 281 g/mol. The van der Waals surface area contributed by atoms with Gasteiger partial charge in [0.1, 0.15) is 5.69 Å². The Balaban J connectivity index is 2.28. The van der Waals surface area contributed by atoms with Gasteiger partial charge < -0.3 is 9.72 Å². The second kappa shape index (κ2) is 8.11. The van der Waals surface area contributed by atoms with Crippen molar-refractivity contribution in [3.05, 3.63) is 24.0 Å². The third kappa shape index (κ3) is 5.66. The number of amides is 2. The van der Waals surface area contributed by atoms with E-state index in [1.54, 1.807) is 37.2 Å². The maximum atomic E-state index is 11.6. The Bertz CT molecular complexity index is 456. The molecule has 0 aliphatic carbocycles. The number of ether oxygens (including phenoxy) is 1. The number of carbonyl (C=O) groups is 3. The summed E-state index contributed by atoms with van der Waals surface area (Å²) < 4.78 is 4.79. The van der Waals surface area contributed by atoms with Gasteiger partial charge in [-0.15, -0.1) is 0 Å². The SMILES string of the molecule is CCOC(=O)CCN(C)CC(=O)NC(=O)c1ccc[nH]1. The molecule has 0 saturated carbocycles. The molecule has 0 atom stereocenters. The fourth-order valence-electron chi connectivity index (χ4n) is 1.54. The van der Waals surface area contributed by atoms with Crippen LogP contribution in [-0.2, 0) is 14.3 Å². The van der Waals surface area contributed by atoms with Gasteiger partial charge in [-0.2, -0.15) is 0 Å². The van der Waals surface area contributed by atoms with Gasteiger partial charge in [-0.05, 0) is 26.1 Å². The van der Waals surface area contributed by atoms with Crippen LogP contribution >= 0.6 is 0 Å². The number of nitrogens with one attached hydrogen (secondary N) is 2. The van der Waals surface area contributed by atoms with E-state index in [0.717, 1.165) is 0 Å². The van der Waals surface area contributed by atoms with Crippen molar-refractivity contribution in [2.75, 3.05) is 26.7 Å². The topological polar surface area (TPSA) is 91.5 Å². The van der Waals surface area contributed by atoms with Crippen LogP contribution in [0.3, 0.4) is 0 Å². The van der Waals surface area contributed by atoms with Gasteiger partial charge in [-0.1, -0.05) is 0 Å². The molecule has 0 saturated heterocycles. The molecule has 110 valence electrons. The molecule has 1 aromatic rings. The quantitative estimate of drug-likeness (QED) is 0.694. The molecule has 0 aliphatic rings. The predicted octanol–water partition coefficient (Wildman–Crippen LogP) is 0.156. The molecule has 1 rings (SSSR count). The van der Waals surface area contributed by atoms with Gasteiger partial charge in [0, 0.05) is 12.7 Å². The number of imide groups is 1. The molecule has 0 fully saturated rings. The maximum absolute atomic E-state index is 11.6. The van der Waals surface area contributed by atoms with Crippen molar-refractivity contribution in [1.82, 2.24) is 15.2 Å². The summed E-state index contributed by atoms with van der Waals surface area (Å²) in [5.74, 6) is -1.20. The third-order valence-corrected chi connectivity index (χ3v) is 2.51. The minimum absolute atomic E-state index is 0.0336. The van der Waals surface area contributed by atoms with E-state index in [2.05, 4.69) is 10.3 Å². The molecule has 7 heteroatoms. The van der Waals surface area contributed by atoms with Gasteiger partial charge in [0.2, 0.25) is 5.91 Å². The van der Waals surface area contributed by atoms with Crippen molar-refractivity contribution in [3.63, 3.8) is 0 Å². The number of likely N-dealkylation sites (N-methyl/N-ethyl adjacent to an activating group) is 1. The van der Waals surface area contributed by atoms with E-state index in [4.69, 9.17) is 4.74 Å². The summed E-state index contributed by atoms with van der Waals surface area (Å²) in [6.07, 6.45) is 1.81. The number of carbonyl (C=O) groups excluding carboxylic acids is 3. The Kier molecular flexibility index (Phi) is 6.45. The van der Waals surface area contributed by atoms with Crippen molar-refractivity contribution < 1.29 is 19.1 Å². The lowest BCUT2D eigenvalue weighted by Crippen LogP contribution is -2.39. The second-order valence-electron chi connectivity index (χ2n) is 4.25. The van der Waals surface area contributed by atoms with Gasteiger partial charge in [0.15, 0.2) is 0 Å². The van der Waals surface area contributed by atoms with Crippen LogP contribution in [0.25, 0.3) is 0 Å². The van der Waals surface area contributed by atoms with Crippen LogP contribution in [0.1, 0.15) is 23.8 Å². The number of hydrogen-bond acceptors (Lipinski definition) is 5. The smallest absolute Gasteiger partial charge is 0.307 e. The van der Waals surface area contributed by atoms with E-state index in [1.807, 2.05) is 0 Å². The molecular weight excluding hydrogens is 262 g/mol. The molecule has 0 unspecified atom stereocenters. The minimum atomic E-state index is -0.473. The van der Waals surface area contributed by atoms with Gasteiger partial charge in [-0.3, -0.25) is 24.6 Å². The zero-order valence-corrected chi connectivity index (χ0v) is 11.6. The third-order valence-electron chi connectivity index (χ3n) is 2.51. The number of aromatic amines is 1. The Morgan fingerprint density at radius 3 is 2.75 bits per heavy atom. The number of aromatic nitrogens is 1. The number of esters is 1. The van der Waals surface area contributed by atoms with Crippen LogP contribution < -0.4 is 5.32 Å². The molecule has 0 aliphatic heterocycles. The molecule has 0 spiro atoms. The summed E-state index contributed by atoms with van der Waals surface area (Å²) in [5, 5.41) is 2.26. The fraction of sp³-hybridized carbons (Fsp3) is 0.462. The second-order valence-corrected chi connectivity index (χ2v) is 4.25. The summed E-state index contributed by atoms with van der Waals surface area (Å²) >= 11 is 0. The molecule has 1 heterocycles. The lowest BCUT2D eigenvalue weighted by Gasteiger charge is -2.15. The lowest BCUT2D eigenvalue weighted by molar-refractivity contribution is -0.143. The van der Waals surface area contributed by atoms with E-state index in [-0.39, 0.29) is 18.9 Å². The number of hydrogen-bond donors (Lipinski definition) is 2. The van der Waals surface area contributed by atoms with Crippen molar-refractivity contribution >= 4 is 17.8 Å². The first kappa shape index (κ1) is 15.9. The largest absolute Gasteiger partial charge is 0.466 e. The van der Waals surface area contributed by atoms with E-state index in [9.17, 15) is 14.4 Å². The summed E-state index contributed by atoms with van der Waals surface area (Å²) in [6.45, 7) is 2.50. The summed E-state index contributed by atoms with van der Waals surface area (Å²) in [5.41, 5.74) is 0.326. The Morgan fingerprint density at radius 1 is 1.40 bits per heavy atom. The first-order chi connectivity index (χ1) is 9.52. The van der Waals surface area contributed by atoms with Crippen molar-refractivity contribution in [2.24, 2.45) is 0 Å². The van der Waals surface area contributed by atoms with Crippen LogP contribution in [-0.4, -0.2) is 54.4 Å². The van der Waals surface area contributed by atoms with E-state index in [1.165, 1.54) is 0 Å². The number of H-pyrrole nitrogens is 1. The van der Waals surface area contributed by atoms with Crippen LogP contribution in [0, 0.1) is 0 Å². The zero-order chi connectivity index (χ0) is 15.0. The lowest BCUT2D eigenvalue weighted by atomic mass is 10.3. The molecule has 0 bridgehead atoms. The number of rotatable bonds is 7. The van der Waals surface area contributed by atoms with Crippen molar-refractivity contribution in [1.29, 1.82) is 0 Å². The molecular formula is C13H19N3O4.